The molecular weight excluding hydrogens is 258 g/mol. The summed E-state index contributed by atoms with van der Waals surface area (Å²) in [4.78, 5) is 4.55. The molecule has 0 spiro atoms. The van der Waals surface area contributed by atoms with E-state index in [0.29, 0.717) is 5.92 Å². The molecule has 2 rings (SSSR count). The van der Waals surface area contributed by atoms with Crippen LogP contribution >= 0.6 is 0 Å². The summed E-state index contributed by atoms with van der Waals surface area (Å²) in [6, 6.07) is 8.28. The highest BCUT2D eigenvalue weighted by Gasteiger charge is 2.08. The van der Waals surface area contributed by atoms with Gasteiger partial charge in [0.1, 0.15) is 0 Å². The zero-order valence-corrected chi connectivity index (χ0v) is 13.0. The fourth-order valence-corrected chi connectivity index (χ4v) is 2.26. The quantitative estimate of drug-likeness (QED) is 0.721. The number of rotatable bonds is 5. The Bertz CT molecular complexity index is 580. The number of benzene rings is 1. The molecule has 0 unspecified atom stereocenters. The van der Waals surface area contributed by atoms with Crippen molar-refractivity contribution in [2.45, 2.75) is 33.1 Å². The normalized spacial score (nSPS) is 16.0. The second-order valence-electron chi connectivity index (χ2n) is 5.34. The second-order valence-corrected chi connectivity index (χ2v) is 5.34. The highest BCUT2D eigenvalue weighted by Crippen LogP contribution is 2.25. The number of aliphatic imine (C=N–C) groups is 1. The first kappa shape index (κ1) is 15.2. The molecule has 0 atom stereocenters. The Balaban J connectivity index is 2.00. The van der Waals surface area contributed by atoms with Crippen molar-refractivity contribution in [3.8, 4) is 0 Å². The molecule has 1 aliphatic rings. The van der Waals surface area contributed by atoms with Crippen LogP contribution in [0.4, 0.5) is 5.69 Å². The number of para-hydroxylation sites is 1. The van der Waals surface area contributed by atoms with Gasteiger partial charge in [-0.1, -0.05) is 38.1 Å². The zero-order valence-electron chi connectivity index (χ0n) is 13.0. The van der Waals surface area contributed by atoms with Crippen LogP contribution in [0.2, 0.25) is 0 Å². The molecule has 0 saturated carbocycles. The van der Waals surface area contributed by atoms with Gasteiger partial charge in [-0.3, -0.25) is 10.0 Å². The molecule has 21 heavy (non-hydrogen) atoms. The summed E-state index contributed by atoms with van der Waals surface area (Å²) in [5, 5.41) is 6.45. The molecule has 0 amide bonds. The number of allylic oxidation sites excluding steroid dienone is 3. The highest BCUT2D eigenvalue weighted by atomic mass is 15.5. The molecule has 1 aromatic rings. The average molecular weight is 281 g/mol. The van der Waals surface area contributed by atoms with Crippen molar-refractivity contribution in [3.63, 3.8) is 0 Å². The largest absolute Gasteiger partial charge is 0.272 e. The van der Waals surface area contributed by atoms with Crippen molar-refractivity contribution < 1.29 is 0 Å². The molecule has 0 radical (unpaired) electrons. The van der Waals surface area contributed by atoms with E-state index in [1.807, 2.05) is 48.6 Å². The van der Waals surface area contributed by atoms with Crippen LogP contribution in [0, 0.1) is 0 Å². The molecule has 1 heterocycles. The summed E-state index contributed by atoms with van der Waals surface area (Å²) >= 11 is 0. The summed E-state index contributed by atoms with van der Waals surface area (Å²) < 4.78 is 0. The fourth-order valence-electron chi connectivity index (χ4n) is 2.26. The summed E-state index contributed by atoms with van der Waals surface area (Å²) in [7, 11) is 0. The Kier molecular flexibility index (Phi) is 5.50. The van der Waals surface area contributed by atoms with Gasteiger partial charge in [0, 0.05) is 25.4 Å². The van der Waals surface area contributed by atoms with Crippen LogP contribution in [-0.2, 0) is 0 Å². The molecule has 0 aliphatic carbocycles. The van der Waals surface area contributed by atoms with Gasteiger partial charge in [-0.15, -0.1) is 0 Å². The third-order valence-electron chi connectivity index (χ3n) is 3.32. The van der Waals surface area contributed by atoms with E-state index in [9.17, 15) is 0 Å². The van der Waals surface area contributed by atoms with E-state index in [4.69, 9.17) is 0 Å². The van der Waals surface area contributed by atoms with E-state index >= 15 is 0 Å². The predicted octanol–water partition coefficient (Wildman–Crippen LogP) is 4.66. The molecule has 3 nitrogen and oxygen atoms in total. The van der Waals surface area contributed by atoms with Gasteiger partial charge in [0.2, 0.25) is 0 Å². The van der Waals surface area contributed by atoms with Gasteiger partial charge < -0.3 is 0 Å². The van der Waals surface area contributed by atoms with Crippen LogP contribution in [0.25, 0.3) is 0 Å². The fraction of sp³-hybridized carbons (Fsp3) is 0.333. The van der Waals surface area contributed by atoms with Gasteiger partial charge in [-0.25, -0.2) is 0 Å². The molecule has 1 aliphatic heterocycles. The van der Waals surface area contributed by atoms with E-state index in [2.05, 4.69) is 42.1 Å². The molecule has 0 N–H and O–H groups in total. The lowest BCUT2D eigenvalue weighted by Crippen LogP contribution is -2.03. The Labute approximate surface area is 127 Å². The molecule has 1 aromatic carbocycles. The standard InChI is InChI=1S/C18H23N3/c1-4-13-21-14-11-16(20-21)8-7-12-19-18-10-6-5-9-17(18)15(2)3/h4-10,12-13,15H,11,14H2,1-3H3/b8-7+,13-4+,19-12?. The minimum absolute atomic E-state index is 0.482. The molecule has 110 valence electrons. The van der Waals surface area contributed by atoms with E-state index in [0.717, 1.165) is 24.4 Å². The van der Waals surface area contributed by atoms with Crippen LogP contribution in [0.3, 0.4) is 0 Å². The van der Waals surface area contributed by atoms with Crippen LogP contribution < -0.4 is 0 Å². The maximum atomic E-state index is 4.55. The van der Waals surface area contributed by atoms with Crippen LogP contribution in [0.5, 0.6) is 0 Å². The van der Waals surface area contributed by atoms with Crippen molar-refractivity contribution in [2.24, 2.45) is 10.1 Å². The number of hydrogen-bond donors (Lipinski definition) is 0. The smallest absolute Gasteiger partial charge is 0.0664 e. The summed E-state index contributed by atoms with van der Waals surface area (Å²) in [6.07, 6.45) is 10.8. The third kappa shape index (κ3) is 4.42. The number of hydrazone groups is 1. The van der Waals surface area contributed by atoms with Crippen LogP contribution in [0.1, 0.15) is 38.7 Å². The van der Waals surface area contributed by atoms with Gasteiger partial charge >= 0.3 is 0 Å². The molecular formula is C18H23N3. The van der Waals surface area contributed by atoms with Crippen molar-refractivity contribution >= 4 is 17.6 Å². The number of nitrogens with zero attached hydrogens (tertiary/aromatic N) is 3. The zero-order chi connectivity index (χ0) is 15.1. The van der Waals surface area contributed by atoms with Crippen molar-refractivity contribution in [3.05, 3.63) is 54.3 Å². The summed E-state index contributed by atoms with van der Waals surface area (Å²) in [5.41, 5.74) is 3.41. The molecule has 0 saturated heterocycles. The van der Waals surface area contributed by atoms with Crippen molar-refractivity contribution in [1.29, 1.82) is 0 Å². The molecule has 3 heteroatoms. The van der Waals surface area contributed by atoms with E-state index in [1.165, 1.54) is 5.56 Å². The second kappa shape index (κ2) is 7.58. The SMILES string of the molecule is C/C=C/N1CCC(/C=C/C=Nc2ccccc2C(C)C)=N1. The maximum absolute atomic E-state index is 4.55. The van der Waals surface area contributed by atoms with E-state index < -0.39 is 0 Å². The Morgan fingerprint density at radius 1 is 1.29 bits per heavy atom. The Morgan fingerprint density at radius 3 is 2.86 bits per heavy atom. The Morgan fingerprint density at radius 2 is 2.10 bits per heavy atom. The molecule has 0 fully saturated rings. The van der Waals surface area contributed by atoms with Crippen LogP contribution in [0.15, 0.2) is 58.8 Å². The van der Waals surface area contributed by atoms with Gasteiger partial charge in [0.25, 0.3) is 0 Å². The monoisotopic (exact) mass is 281 g/mol. The lowest BCUT2D eigenvalue weighted by Gasteiger charge is -2.07. The van der Waals surface area contributed by atoms with Gasteiger partial charge in [0.05, 0.1) is 11.4 Å². The first-order chi connectivity index (χ1) is 10.2. The third-order valence-corrected chi connectivity index (χ3v) is 3.32. The topological polar surface area (TPSA) is 28.0 Å². The minimum atomic E-state index is 0.482. The average Bonchev–Trinajstić information content (AvgIpc) is 2.92. The predicted molar refractivity (Wildman–Crippen MR) is 91.4 cm³/mol. The molecule has 0 aromatic heterocycles. The summed E-state index contributed by atoms with van der Waals surface area (Å²) in [6.45, 7) is 7.33. The van der Waals surface area contributed by atoms with Crippen molar-refractivity contribution in [1.82, 2.24) is 5.01 Å². The minimum Gasteiger partial charge on any atom is -0.272 e. The van der Waals surface area contributed by atoms with Gasteiger partial charge in [-0.05, 0) is 36.6 Å². The van der Waals surface area contributed by atoms with E-state index in [-0.39, 0.29) is 0 Å². The summed E-state index contributed by atoms with van der Waals surface area (Å²) in [5.74, 6) is 0.482. The van der Waals surface area contributed by atoms with Crippen molar-refractivity contribution in [2.75, 3.05) is 6.54 Å². The number of hydrogen-bond acceptors (Lipinski definition) is 3. The lowest BCUT2D eigenvalue weighted by atomic mass is 10.0. The first-order valence-electron chi connectivity index (χ1n) is 7.47. The Hall–Kier alpha value is -2.16. The van der Waals surface area contributed by atoms with Gasteiger partial charge in [-0.2, -0.15) is 5.10 Å². The lowest BCUT2D eigenvalue weighted by molar-refractivity contribution is 0.440. The van der Waals surface area contributed by atoms with E-state index in [1.54, 1.807) is 0 Å². The van der Waals surface area contributed by atoms with Crippen LogP contribution in [-0.4, -0.2) is 23.5 Å². The maximum Gasteiger partial charge on any atom is 0.0664 e. The van der Waals surface area contributed by atoms with Gasteiger partial charge in [0.15, 0.2) is 0 Å². The molecule has 0 bridgehead atoms. The highest BCUT2D eigenvalue weighted by molar-refractivity contribution is 5.98. The first-order valence-corrected chi connectivity index (χ1v) is 7.47.